The van der Waals surface area contributed by atoms with Gasteiger partial charge in [0.25, 0.3) is 0 Å². The fourth-order valence-electron chi connectivity index (χ4n) is 1.92. The second-order valence-corrected chi connectivity index (χ2v) is 7.00. The summed E-state index contributed by atoms with van der Waals surface area (Å²) >= 11 is 3.20. The third kappa shape index (κ3) is 2.90. The normalized spacial score (nSPS) is 20.0. The van der Waals surface area contributed by atoms with Gasteiger partial charge in [-0.15, -0.1) is 0 Å². The van der Waals surface area contributed by atoms with Crippen LogP contribution < -0.4 is 10.5 Å². The van der Waals surface area contributed by atoms with Gasteiger partial charge in [-0.25, -0.2) is 8.42 Å². The molecular formula is C11H14BrN3O3S. The molecule has 1 amide bonds. The number of hydrogen-bond donors (Lipinski definition) is 2. The van der Waals surface area contributed by atoms with Gasteiger partial charge in [-0.1, -0.05) is 15.9 Å². The second kappa shape index (κ2) is 5.10. The van der Waals surface area contributed by atoms with Crippen LogP contribution in [0.5, 0.6) is 0 Å². The number of carbonyl (C=O) groups is 1. The molecule has 3 N–H and O–H groups in total. The van der Waals surface area contributed by atoms with Gasteiger partial charge < -0.3 is 10.6 Å². The van der Waals surface area contributed by atoms with Crippen LogP contribution in [-0.4, -0.2) is 38.9 Å². The SMILES string of the molecule is CN1CCC(NS(=O)(=O)c2cc(Br)ccc2N)C1=O. The predicted molar refractivity (Wildman–Crippen MR) is 74.9 cm³/mol. The minimum absolute atomic E-state index is 0.0239. The van der Waals surface area contributed by atoms with Crippen LogP contribution in [0.25, 0.3) is 0 Å². The lowest BCUT2D eigenvalue weighted by molar-refractivity contribution is -0.127. The van der Waals surface area contributed by atoms with E-state index in [4.69, 9.17) is 5.73 Å². The van der Waals surface area contributed by atoms with E-state index >= 15 is 0 Å². The van der Waals surface area contributed by atoms with Crippen molar-refractivity contribution in [3.8, 4) is 0 Å². The zero-order chi connectivity index (χ0) is 14.2. The summed E-state index contributed by atoms with van der Waals surface area (Å²) in [5.74, 6) is -0.225. The van der Waals surface area contributed by atoms with Crippen LogP contribution in [0.15, 0.2) is 27.6 Å². The first-order valence-electron chi connectivity index (χ1n) is 5.63. The molecule has 0 spiro atoms. The molecule has 1 aromatic carbocycles. The first-order valence-corrected chi connectivity index (χ1v) is 7.91. The highest BCUT2D eigenvalue weighted by Crippen LogP contribution is 2.24. The van der Waals surface area contributed by atoms with Crippen LogP contribution >= 0.6 is 15.9 Å². The molecule has 1 unspecified atom stereocenters. The van der Waals surface area contributed by atoms with Gasteiger partial charge in [0.1, 0.15) is 10.9 Å². The monoisotopic (exact) mass is 347 g/mol. The molecule has 0 radical (unpaired) electrons. The highest BCUT2D eigenvalue weighted by molar-refractivity contribution is 9.10. The summed E-state index contributed by atoms with van der Waals surface area (Å²) < 4.78 is 27.5. The van der Waals surface area contributed by atoms with Crippen LogP contribution in [0.1, 0.15) is 6.42 Å². The summed E-state index contributed by atoms with van der Waals surface area (Å²) in [7, 11) is -2.16. The minimum Gasteiger partial charge on any atom is -0.398 e. The van der Waals surface area contributed by atoms with E-state index in [0.29, 0.717) is 17.4 Å². The van der Waals surface area contributed by atoms with E-state index < -0.39 is 16.1 Å². The van der Waals surface area contributed by atoms with Crippen LogP contribution in [0.3, 0.4) is 0 Å². The first kappa shape index (κ1) is 14.3. The van der Waals surface area contributed by atoms with Gasteiger partial charge in [0.2, 0.25) is 15.9 Å². The molecule has 19 heavy (non-hydrogen) atoms. The number of nitrogens with one attached hydrogen (secondary N) is 1. The number of carbonyl (C=O) groups excluding carboxylic acids is 1. The Labute approximate surface area is 120 Å². The second-order valence-electron chi connectivity index (χ2n) is 4.40. The molecule has 1 saturated heterocycles. The van der Waals surface area contributed by atoms with E-state index in [9.17, 15) is 13.2 Å². The van der Waals surface area contributed by atoms with Crippen molar-refractivity contribution in [3.05, 3.63) is 22.7 Å². The molecule has 2 rings (SSSR count). The quantitative estimate of drug-likeness (QED) is 0.780. The molecule has 104 valence electrons. The van der Waals surface area contributed by atoms with Crippen molar-refractivity contribution in [1.29, 1.82) is 0 Å². The minimum atomic E-state index is -3.81. The fraction of sp³-hybridized carbons (Fsp3) is 0.364. The Hall–Kier alpha value is -1.12. The number of sulfonamides is 1. The third-order valence-corrected chi connectivity index (χ3v) is 5.01. The molecule has 1 heterocycles. The molecule has 1 aromatic rings. The number of rotatable bonds is 3. The number of amides is 1. The van der Waals surface area contributed by atoms with Crippen molar-refractivity contribution in [3.63, 3.8) is 0 Å². The summed E-state index contributed by atoms with van der Waals surface area (Å²) in [4.78, 5) is 13.2. The van der Waals surface area contributed by atoms with Gasteiger partial charge in [-0.05, 0) is 24.6 Å². The van der Waals surface area contributed by atoms with Gasteiger partial charge in [-0.3, -0.25) is 4.79 Å². The van der Waals surface area contributed by atoms with Crippen molar-refractivity contribution in [2.75, 3.05) is 19.3 Å². The summed E-state index contributed by atoms with van der Waals surface area (Å²) in [6, 6.07) is 3.86. The van der Waals surface area contributed by atoms with Crippen molar-refractivity contribution in [1.82, 2.24) is 9.62 Å². The van der Waals surface area contributed by atoms with Crippen LogP contribution in [0.2, 0.25) is 0 Å². The molecule has 1 fully saturated rings. The maximum absolute atomic E-state index is 12.2. The number of hydrogen-bond acceptors (Lipinski definition) is 4. The molecule has 1 atom stereocenters. The number of anilines is 1. The summed E-state index contributed by atoms with van der Waals surface area (Å²) in [5.41, 5.74) is 5.82. The third-order valence-electron chi connectivity index (χ3n) is 2.99. The van der Waals surface area contributed by atoms with Crippen LogP contribution in [0.4, 0.5) is 5.69 Å². The van der Waals surface area contributed by atoms with Crippen molar-refractivity contribution >= 4 is 37.5 Å². The van der Waals surface area contributed by atoms with E-state index in [1.807, 2.05) is 0 Å². The zero-order valence-electron chi connectivity index (χ0n) is 10.3. The Morgan fingerprint density at radius 3 is 2.74 bits per heavy atom. The average molecular weight is 348 g/mol. The summed E-state index contributed by atoms with van der Waals surface area (Å²) in [6.45, 7) is 0.542. The maximum Gasteiger partial charge on any atom is 0.243 e. The van der Waals surface area contributed by atoms with Crippen LogP contribution in [0, 0.1) is 0 Å². The molecule has 8 heteroatoms. The Balaban J connectivity index is 2.28. The van der Waals surface area contributed by atoms with Gasteiger partial charge in [0.05, 0.1) is 5.69 Å². The molecule has 0 aliphatic carbocycles. The number of nitrogens with two attached hydrogens (primary N) is 1. The van der Waals surface area contributed by atoms with E-state index in [-0.39, 0.29) is 16.5 Å². The molecule has 0 bridgehead atoms. The van der Waals surface area contributed by atoms with Gasteiger partial charge in [-0.2, -0.15) is 4.72 Å². The molecule has 1 aliphatic rings. The van der Waals surface area contributed by atoms with Gasteiger partial charge in [0.15, 0.2) is 0 Å². The van der Waals surface area contributed by atoms with E-state index in [1.165, 1.54) is 17.0 Å². The highest BCUT2D eigenvalue weighted by Gasteiger charge is 2.33. The Bertz CT molecular complexity index is 618. The topological polar surface area (TPSA) is 92.5 Å². The fourth-order valence-corrected chi connectivity index (χ4v) is 3.82. The Kier molecular flexibility index (Phi) is 3.84. The number of nitrogens with zero attached hydrogens (tertiary/aromatic N) is 1. The lowest BCUT2D eigenvalue weighted by Crippen LogP contribution is -2.40. The lowest BCUT2D eigenvalue weighted by Gasteiger charge is -2.14. The molecule has 0 aromatic heterocycles. The van der Waals surface area contributed by atoms with Crippen LogP contribution in [-0.2, 0) is 14.8 Å². The van der Waals surface area contributed by atoms with Gasteiger partial charge >= 0.3 is 0 Å². The number of nitrogen functional groups attached to an aromatic ring is 1. The maximum atomic E-state index is 12.2. The highest BCUT2D eigenvalue weighted by atomic mass is 79.9. The number of likely N-dealkylation sites (N-methyl/N-ethyl adjacent to an activating group) is 1. The Morgan fingerprint density at radius 2 is 2.16 bits per heavy atom. The first-order chi connectivity index (χ1) is 8.81. The molecule has 1 aliphatic heterocycles. The molecule has 6 nitrogen and oxygen atoms in total. The average Bonchev–Trinajstić information content (AvgIpc) is 2.63. The summed E-state index contributed by atoms with van der Waals surface area (Å²) in [5, 5.41) is 0. The summed E-state index contributed by atoms with van der Waals surface area (Å²) in [6.07, 6.45) is 0.461. The lowest BCUT2D eigenvalue weighted by atomic mass is 10.3. The standard InChI is InChI=1S/C11H14BrN3O3S/c1-15-5-4-9(11(15)16)14-19(17,18)10-6-7(12)2-3-8(10)13/h2-3,6,9,14H,4-5,13H2,1H3. The van der Waals surface area contributed by atoms with Crippen molar-refractivity contribution < 1.29 is 13.2 Å². The molecular weight excluding hydrogens is 334 g/mol. The molecule has 0 saturated carbocycles. The zero-order valence-corrected chi connectivity index (χ0v) is 12.7. The van der Waals surface area contributed by atoms with Crippen molar-refractivity contribution in [2.45, 2.75) is 17.4 Å². The van der Waals surface area contributed by atoms with E-state index in [1.54, 1.807) is 13.1 Å². The number of benzene rings is 1. The Morgan fingerprint density at radius 1 is 1.47 bits per heavy atom. The predicted octanol–water partition coefficient (Wildman–Crippen LogP) is 0.540. The van der Waals surface area contributed by atoms with E-state index in [0.717, 1.165) is 0 Å². The smallest absolute Gasteiger partial charge is 0.243 e. The number of halogens is 1. The largest absolute Gasteiger partial charge is 0.398 e. The van der Waals surface area contributed by atoms with Crippen molar-refractivity contribution in [2.24, 2.45) is 0 Å². The number of likely N-dealkylation sites (tertiary alicyclic amines) is 1. The van der Waals surface area contributed by atoms with E-state index in [2.05, 4.69) is 20.7 Å². The van der Waals surface area contributed by atoms with Gasteiger partial charge in [0, 0.05) is 18.1 Å².